The predicted octanol–water partition coefficient (Wildman–Crippen LogP) is 3.28. The van der Waals surface area contributed by atoms with E-state index in [-0.39, 0.29) is 11.7 Å². The van der Waals surface area contributed by atoms with Crippen molar-refractivity contribution < 1.29 is 18.3 Å². The van der Waals surface area contributed by atoms with Crippen molar-refractivity contribution in [3.63, 3.8) is 0 Å². The van der Waals surface area contributed by atoms with Crippen molar-refractivity contribution in [2.24, 2.45) is 0 Å². The van der Waals surface area contributed by atoms with Crippen LogP contribution in [-0.2, 0) is 4.79 Å². The summed E-state index contributed by atoms with van der Waals surface area (Å²) in [5, 5.41) is 2.72. The van der Waals surface area contributed by atoms with Gasteiger partial charge in [-0.05, 0) is 50.2 Å². The van der Waals surface area contributed by atoms with Crippen molar-refractivity contribution in [2.45, 2.75) is 24.8 Å². The number of carbonyl (C=O) groups is 1. The largest absolute Gasteiger partial charge is 0.487 e. The van der Waals surface area contributed by atoms with Crippen LogP contribution in [0.2, 0.25) is 0 Å². The molecule has 0 radical (unpaired) electrons. The van der Waals surface area contributed by atoms with Crippen molar-refractivity contribution in [3.8, 4) is 5.75 Å². The topological polar surface area (TPSA) is 41.6 Å². The van der Waals surface area contributed by atoms with Gasteiger partial charge in [0.05, 0.1) is 6.54 Å². The van der Waals surface area contributed by atoms with E-state index < -0.39 is 5.57 Å². The molecule has 1 fully saturated rings. The monoisotopic (exact) mass is 318 g/mol. The number of amides is 1. The summed E-state index contributed by atoms with van der Waals surface area (Å²) in [5.41, 5.74) is -3.21. The van der Waals surface area contributed by atoms with Crippen LogP contribution >= 0.6 is 11.6 Å². The van der Waals surface area contributed by atoms with Crippen molar-refractivity contribution in [1.29, 1.82) is 0 Å². The molecule has 0 saturated carbocycles. The van der Waals surface area contributed by atoms with Crippen LogP contribution in [0.25, 0.3) is 0 Å². The third-order valence-corrected chi connectivity index (χ3v) is 3.26. The number of piperidine rings is 1. The van der Waals surface area contributed by atoms with Gasteiger partial charge in [0.15, 0.2) is 0 Å². The molecule has 1 aromatic carbocycles. The van der Waals surface area contributed by atoms with Crippen LogP contribution in [0.4, 0.5) is 14.5 Å². The molecule has 1 N–H and O–H groups in total. The zero-order valence-electron chi connectivity index (χ0n) is 11.4. The zero-order valence-corrected chi connectivity index (χ0v) is 12.2. The summed E-state index contributed by atoms with van der Waals surface area (Å²) in [7, 11) is 0. The summed E-state index contributed by atoms with van der Waals surface area (Å²) in [6.07, 6.45) is 3.45. The number of ether oxygens (including phenoxy) is 1. The third-order valence-electron chi connectivity index (χ3n) is 3.19. The van der Waals surface area contributed by atoms with Gasteiger partial charge in [-0.2, -0.15) is 0 Å². The van der Waals surface area contributed by atoms with E-state index in [1.165, 1.54) is 30.7 Å². The standard InChI is InChI=1S/C14H17ClF2N2O2/c15-14(16,17)21-12-6-4-11(5-7-12)18-13(20)10-19-8-2-1-3-9-19/h4-7H,1-3,8-10H2,(H,18,20). The second-order valence-electron chi connectivity index (χ2n) is 4.96. The van der Waals surface area contributed by atoms with Gasteiger partial charge in [-0.15, -0.1) is 8.78 Å². The second kappa shape index (κ2) is 7.04. The van der Waals surface area contributed by atoms with Crippen LogP contribution in [0.5, 0.6) is 5.75 Å². The molecular formula is C14H17ClF2N2O2. The van der Waals surface area contributed by atoms with Crippen LogP contribution in [0.3, 0.4) is 0 Å². The molecule has 21 heavy (non-hydrogen) atoms. The second-order valence-corrected chi connectivity index (χ2v) is 5.40. The SMILES string of the molecule is O=C(CN1CCCCC1)Nc1ccc(OC(F)(F)Cl)cc1. The van der Waals surface area contributed by atoms with Crippen molar-refractivity contribution in [3.05, 3.63) is 24.3 Å². The average molecular weight is 319 g/mol. The molecule has 0 bridgehead atoms. The third kappa shape index (κ3) is 5.85. The lowest BCUT2D eigenvalue weighted by Gasteiger charge is -2.25. The quantitative estimate of drug-likeness (QED) is 0.847. The number of rotatable bonds is 5. The summed E-state index contributed by atoms with van der Waals surface area (Å²) in [4.78, 5) is 14.0. The fourth-order valence-electron chi connectivity index (χ4n) is 2.26. The Hall–Kier alpha value is -1.40. The van der Waals surface area contributed by atoms with Crippen LogP contribution in [0, 0.1) is 0 Å². The number of hydrogen-bond donors (Lipinski definition) is 1. The Morgan fingerprint density at radius 2 is 1.86 bits per heavy atom. The number of likely N-dealkylation sites (tertiary alicyclic amines) is 1. The average Bonchev–Trinajstić information content (AvgIpc) is 2.40. The minimum atomic E-state index is -3.74. The molecule has 1 aliphatic rings. The maximum Gasteiger partial charge on any atom is 0.487 e. The molecule has 116 valence electrons. The van der Waals surface area contributed by atoms with Gasteiger partial charge in [0.1, 0.15) is 5.75 Å². The maximum atomic E-state index is 12.4. The van der Waals surface area contributed by atoms with E-state index in [4.69, 9.17) is 0 Å². The molecule has 1 heterocycles. The summed E-state index contributed by atoms with van der Waals surface area (Å²) < 4.78 is 29.1. The van der Waals surface area contributed by atoms with Gasteiger partial charge in [0, 0.05) is 17.3 Å². The number of nitrogens with one attached hydrogen (secondary N) is 1. The van der Waals surface area contributed by atoms with Gasteiger partial charge in [0.2, 0.25) is 5.91 Å². The Bertz CT molecular complexity index is 471. The highest BCUT2D eigenvalue weighted by atomic mass is 35.5. The maximum absolute atomic E-state index is 12.4. The van der Waals surface area contributed by atoms with Gasteiger partial charge in [-0.3, -0.25) is 9.69 Å². The van der Waals surface area contributed by atoms with E-state index in [1.807, 2.05) is 0 Å². The summed E-state index contributed by atoms with van der Waals surface area (Å²) in [6, 6.07) is 5.64. The molecule has 1 amide bonds. The Balaban J connectivity index is 1.83. The summed E-state index contributed by atoms with van der Waals surface area (Å²) in [5.74, 6) is -0.183. The number of anilines is 1. The first-order valence-corrected chi connectivity index (χ1v) is 7.18. The van der Waals surface area contributed by atoms with E-state index >= 15 is 0 Å². The molecule has 1 aromatic rings. The Morgan fingerprint density at radius 1 is 1.24 bits per heavy atom. The first-order valence-electron chi connectivity index (χ1n) is 6.80. The van der Waals surface area contributed by atoms with Crippen LogP contribution in [0.15, 0.2) is 24.3 Å². The van der Waals surface area contributed by atoms with Gasteiger partial charge in [0.25, 0.3) is 0 Å². The lowest BCUT2D eigenvalue weighted by atomic mass is 10.1. The van der Waals surface area contributed by atoms with Crippen molar-refractivity contribution in [1.82, 2.24) is 4.90 Å². The fourth-order valence-corrected chi connectivity index (χ4v) is 2.35. The molecule has 7 heteroatoms. The van der Waals surface area contributed by atoms with Crippen molar-refractivity contribution >= 4 is 23.2 Å². The van der Waals surface area contributed by atoms with E-state index in [0.29, 0.717) is 12.2 Å². The fraction of sp³-hybridized carbons (Fsp3) is 0.500. The van der Waals surface area contributed by atoms with Crippen molar-refractivity contribution in [2.75, 3.05) is 25.0 Å². The molecule has 0 unspecified atom stereocenters. The lowest BCUT2D eigenvalue weighted by molar-refractivity contribution is -0.117. The Kier molecular flexibility index (Phi) is 5.36. The molecule has 2 rings (SSSR count). The molecular weight excluding hydrogens is 302 g/mol. The van der Waals surface area contributed by atoms with Crippen LogP contribution < -0.4 is 10.1 Å². The minimum absolute atomic E-state index is 0.0657. The molecule has 1 saturated heterocycles. The lowest BCUT2D eigenvalue weighted by Crippen LogP contribution is -2.36. The van der Waals surface area contributed by atoms with Gasteiger partial charge in [-0.25, -0.2) is 0 Å². The van der Waals surface area contributed by atoms with Gasteiger partial charge >= 0.3 is 5.57 Å². The highest BCUT2D eigenvalue weighted by Crippen LogP contribution is 2.25. The molecule has 0 aliphatic carbocycles. The summed E-state index contributed by atoms with van der Waals surface area (Å²) >= 11 is 4.67. The number of nitrogens with zero attached hydrogens (tertiary/aromatic N) is 1. The first kappa shape index (κ1) is 16.0. The van der Waals surface area contributed by atoms with E-state index in [9.17, 15) is 13.6 Å². The first-order chi connectivity index (χ1) is 9.92. The number of benzene rings is 1. The van der Waals surface area contributed by atoms with E-state index in [0.717, 1.165) is 25.9 Å². The van der Waals surface area contributed by atoms with Crippen LogP contribution in [-0.4, -0.2) is 36.0 Å². The Morgan fingerprint density at radius 3 is 2.43 bits per heavy atom. The molecule has 4 nitrogen and oxygen atoms in total. The minimum Gasteiger partial charge on any atom is -0.420 e. The number of carbonyl (C=O) groups excluding carboxylic acids is 1. The number of alkyl halides is 3. The predicted molar refractivity (Wildman–Crippen MR) is 76.8 cm³/mol. The van der Waals surface area contributed by atoms with Gasteiger partial charge in [-0.1, -0.05) is 6.42 Å². The van der Waals surface area contributed by atoms with Gasteiger partial charge < -0.3 is 10.1 Å². The van der Waals surface area contributed by atoms with E-state index in [1.54, 1.807) is 0 Å². The highest BCUT2D eigenvalue weighted by molar-refractivity contribution is 6.20. The summed E-state index contributed by atoms with van der Waals surface area (Å²) in [6.45, 7) is 2.22. The van der Waals surface area contributed by atoms with E-state index in [2.05, 4.69) is 26.6 Å². The highest BCUT2D eigenvalue weighted by Gasteiger charge is 2.27. The smallest absolute Gasteiger partial charge is 0.420 e. The molecule has 1 aliphatic heterocycles. The normalized spacial score (nSPS) is 16.5. The molecule has 0 atom stereocenters. The molecule has 0 aromatic heterocycles. The number of hydrogen-bond acceptors (Lipinski definition) is 3. The molecule has 0 spiro atoms. The Labute approximate surface area is 127 Å². The zero-order chi connectivity index (χ0) is 15.3. The number of halogens is 3. The van der Waals surface area contributed by atoms with Crippen LogP contribution in [0.1, 0.15) is 19.3 Å².